The summed E-state index contributed by atoms with van der Waals surface area (Å²) in [6, 6.07) is 9.47. The highest BCUT2D eigenvalue weighted by Crippen LogP contribution is 2.30. The molecule has 29 heavy (non-hydrogen) atoms. The number of benzene rings is 1. The number of likely N-dealkylation sites (tertiary alicyclic amines) is 1. The number of amides is 2. The van der Waals surface area contributed by atoms with Gasteiger partial charge in [-0.15, -0.1) is 0 Å². The third-order valence-corrected chi connectivity index (χ3v) is 5.88. The molecule has 6 nitrogen and oxygen atoms in total. The summed E-state index contributed by atoms with van der Waals surface area (Å²) >= 11 is 3.33. The van der Waals surface area contributed by atoms with Gasteiger partial charge in [-0.3, -0.25) is 9.59 Å². The van der Waals surface area contributed by atoms with E-state index >= 15 is 0 Å². The summed E-state index contributed by atoms with van der Waals surface area (Å²) in [5.41, 5.74) is 2.60. The Balaban J connectivity index is 1.50. The van der Waals surface area contributed by atoms with Crippen LogP contribution >= 0.6 is 15.9 Å². The molecule has 150 valence electrons. The maximum absolute atomic E-state index is 13.1. The molecule has 0 bridgehead atoms. The number of pyridine rings is 1. The van der Waals surface area contributed by atoms with Gasteiger partial charge >= 0.3 is 0 Å². The Hall–Kier alpha value is -2.67. The minimum atomic E-state index is -0.274. The van der Waals surface area contributed by atoms with Crippen LogP contribution in [0.2, 0.25) is 0 Å². The van der Waals surface area contributed by atoms with Gasteiger partial charge in [0.2, 0.25) is 5.91 Å². The number of halogens is 1. The Bertz CT molecular complexity index is 1070. The summed E-state index contributed by atoms with van der Waals surface area (Å²) in [5.74, 6) is 0.326. The van der Waals surface area contributed by atoms with E-state index < -0.39 is 0 Å². The summed E-state index contributed by atoms with van der Waals surface area (Å²) < 4.78 is 6.79. The number of nitrogens with one attached hydrogen (secondary N) is 1. The van der Waals surface area contributed by atoms with E-state index in [1.807, 2.05) is 38.1 Å². The standard InChI is InChI=1S/C22H22BrN3O3/c1-13-5-3-7-17-14(2)20(29-19(13)17)22(28)26-10-4-6-15(12-26)21(27)25-18-9-8-16(23)11-24-18/h3,5,7-9,11,15H,4,6,10,12H2,1-2H3,(H,24,25,27). The van der Waals surface area contributed by atoms with Gasteiger partial charge in [-0.2, -0.15) is 0 Å². The fourth-order valence-corrected chi connectivity index (χ4v) is 4.02. The first-order valence-electron chi connectivity index (χ1n) is 9.64. The zero-order chi connectivity index (χ0) is 20.5. The van der Waals surface area contributed by atoms with Crippen LogP contribution in [0.15, 0.2) is 45.4 Å². The first kappa shape index (κ1) is 19.6. The van der Waals surface area contributed by atoms with Crippen LogP contribution in [0.3, 0.4) is 0 Å². The summed E-state index contributed by atoms with van der Waals surface area (Å²) in [5, 5.41) is 3.81. The number of para-hydroxylation sites is 1. The summed E-state index contributed by atoms with van der Waals surface area (Å²) in [6.07, 6.45) is 3.15. The Morgan fingerprint density at radius 1 is 1.24 bits per heavy atom. The smallest absolute Gasteiger partial charge is 0.289 e. The van der Waals surface area contributed by atoms with Crippen LogP contribution in [-0.2, 0) is 4.79 Å². The number of nitrogens with zero attached hydrogens (tertiary/aromatic N) is 2. The Labute approximate surface area is 177 Å². The highest BCUT2D eigenvalue weighted by Gasteiger charge is 2.31. The van der Waals surface area contributed by atoms with E-state index in [-0.39, 0.29) is 17.7 Å². The van der Waals surface area contributed by atoms with Crippen molar-refractivity contribution >= 4 is 44.5 Å². The molecule has 3 aromatic rings. The van der Waals surface area contributed by atoms with E-state index in [9.17, 15) is 9.59 Å². The molecule has 1 aromatic carbocycles. The van der Waals surface area contributed by atoms with Crippen molar-refractivity contribution in [2.24, 2.45) is 5.92 Å². The van der Waals surface area contributed by atoms with Crippen LogP contribution in [0.1, 0.15) is 34.5 Å². The van der Waals surface area contributed by atoms with Crippen molar-refractivity contribution in [3.8, 4) is 0 Å². The lowest BCUT2D eigenvalue weighted by Gasteiger charge is -2.31. The molecule has 1 N–H and O–H groups in total. The van der Waals surface area contributed by atoms with E-state index in [1.165, 1.54) is 0 Å². The van der Waals surface area contributed by atoms with Gasteiger partial charge in [-0.25, -0.2) is 4.98 Å². The van der Waals surface area contributed by atoms with Crippen molar-refractivity contribution in [1.29, 1.82) is 0 Å². The normalized spacial score (nSPS) is 16.8. The number of carbonyl (C=O) groups is 2. The molecule has 0 radical (unpaired) electrons. The molecule has 0 saturated carbocycles. The third kappa shape index (κ3) is 3.92. The summed E-state index contributed by atoms with van der Waals surface area (Å²) in [4.78, 5) is 31.7. The fraction of sp³-hybridized carbons (Fsp3) is 0.318. The molecule has 1 aliphatic rings. The number of hydrogen-bond acceptors (Lipinski definition) is 4. The highest BCUT2D eigenvalue weighted by molar-refractivity contribution is 9.10. The van der Waals surface area contributed by atoms with E-state index in [1.54, 1.807) is 17.2 Å². The molecule has 0 spiro atoms. The van der Waals surface area contributed by atoms with E-state index in [2.05, 4.69) is 26.2 Å². The molecule has 1 atom stereocenters. The van der Waals surface area contributed by atoms with Crippen LogP contribution in [0.5, 0.6) is 0 Å². The lowest BCUT2D eigenvalue weighted by molar-refractivity contribution is -0.121. The summed E-state index contributed by atoms with van der Waals surface area (Å²) in [7, 11) is 0. The zero-order valence-electron chi connectivity index (χ0n) is 16.4. The predicted molar refractivity (Wildman–Crippen MR) is 115 cm³/mol. The van der Waals surface area contributed by atoms with E-state index in [0.29, 0.717) is 24.7 Å². The SMILES string of the molecule is Cc1c(C(=O)N2CCCC(C(=O)Nc3ccc(Br)cn3)C2)oc2c(C)cccc12. The Kier molecular flexibility index (Phi) is 5.41. The van der Waals surface area contributed by atoms with Gasteiger partial charge in [0.05, 0.1) is 5.92 Å². The molecule has 2 aromatic heterocycles. The van der Waals surface area contributed by atoms with Gasteiger partial charge in [0.25, 0.3) is 5.91 Å². The first-order valence-corrected chi connectivity index (χ1v) is 10.4. The van der Waals surface area contributed by atoms with Crippen LogP contribution in [0.4, 0.5) is 5.82 Å². The molecular weight excluding hydrogens is 434 g/mol. The average molecular weight is 456 g/mol. The van der Waals surface area contributed by atoms with Crippen molar-refractivity contribution in [3.05, 3.63) is 57.9 Å². The number of carbonyl (C=O) groups excluding carboxylic acids is 2. The number of aromatic nitrogens is 1. The summed E-state index contributed by atoms with van der Waals surface area (Å²) in [6.45, 7) is 4.87. The number of hydrogen-bond donors (Lipinski definition) is 1. The molecule has 0 aliphatic carbocycles. The van der Waals surface area contributed by atoms with Crippen LogP contribution in [-0.4, -0.2) is 34.8 Å². The van der Waals surface area contributed by atoms with Gasteiger partial charge in [0.1, 0.15) is 11.4 Å². The van der Waals surface area contributed by atoms with Gasteiger partial charge in [-0.05, 0) is 60.3 Å². The van der Waals surface area contributed by atoms with Crippen molar-refractivity contribution in [2.75, 3.05) is 18.4 Å². The molecule has 1 fully saturated rings. The van der Waals surface area contributed by atoms with Crippen molar-refractivity contribution in [1.82, 2.24) is 9.88 Å². The second-order valence-corrected chi connectivity index (χ2v) is 8.36. The fourth-order valence-electron chi connectivity index (χ4n) is 3.79. The first-order chi connectivity index (χ1) is 13.9. The molecule has 4 rings (SSSR count). The zero-order valence-corrected chi connectivity index (χ0v) is 18.0. The number of anilines is 1. The lowest BCUT2D eigenvalue weighted by Crippen LogP contribution is -2.43. The van der Waals surface area contributed by atoms with Gasteiger partial charge in [-0.1, -0.05) is 18.2 Å². The second kappa shape index (κ2) is 7.99. The molecule has 7 heteroatoms. The molecule has 3 heterocycles. The minimum absolute atomic E-state index is 0.116. The van der Waals surface area contributed by atoms with Crippen LogP contribution in [0.25, 0.3) is 11.0 Å². The van der Waals surface area contributed by atoms with Crippen LogP contribution in [0, 0.1) is 19.8 Å². The predicted octanol–water partition coefficient (Wildman–Crippen LogP) is 4.70. The lowest BCUT2D eigenvalue weighted by atomic mass is 9.96. The van der Waals surface area contributed by atoms with Crippen molar-refractivity contribution in [3.63, 3.8) is 0 Å². The van der Waals surface area contributed by atoms with Gasteiger partial charge in [0, 0.05) is 34.7 Å². The number of piperidine rings is 1. The highest BCUT2D eigenvalue weighted by atomic mass is 79.9. The third-order valence-electron chi connectivity index (χ3n) is 5.41. The van der Waals surface area contributed by atoms with Crippen molar-refractivity contribution < 1.29 is 14.0 Å². The topological polar surface area (TPSA) is 75.4 Å². The Morgan fingerprint density at radius 2 is 2.07 bits per heavy atom. The number of aryl methyl sites for hydroxylation is 2. The monoisotopic (exact) mass is 455 g/mol. The number of furan rings is 1. The number of rotatable bonds is 3. The maximum Gasteiger partial charge on any atom is 0.289 e. The molecule has 2 amide bonds. The quantitative estimate of drug-likeness (QED) is 0.620. The number of fused-ring (bicyclic) bond motifs is 1. The average Bonchev–Trinajstić information content (AvgIpc) is 3.07. The second-order valence-electron chi connectivity index (χ2n) is 7.45. The largest absolute Gasteiger partial charge is 0.450 e. The molecular formula is C22H22BrN3O3. The molecule has 1 saturated heterocycles. The molecule has 1 aliphatic heterocycles. The van der Waals surface area contributed by atoms with E-state index in [4.69, 9.17) is 4.42 Å². The molecule has 1 unspecified atom stereocenters. The minimum Gasteiger partial charge on any atom is -0.450 e. The Morgan fingerprint density at radius 3 is 2.79 bits per heavy atom. The van der Waals surface area contributed by atoms with Crippen molar-refractivity contribution in [2.45, 2.75) is 26.7 Å². The van der Waals surface area contributed by atoms with Crippen LogP contribution < -0.4 is 5.32 Å². The van der Waals surface area contributed by atoms with E-state index in [0.717, 1.165) is 39.4 Å². The maximum atomic E-state index is 13.1. The van der Waals surface area contributed by atoms with Gasteiger partial charge in [0.15, 0.2) is 5.76 Å². The van der Waals surface area contributed by atoms with Gasteiger partial charge < -0.3 is 14.6 Å².